The first-order valence-electron chi connectivity index (χ1n) is 14.7. The molecular weight excluding hydrogens is 573 g/mol. The zero-order valence-corrected chi connectivity index (χ0v) is 25.8. The van der Waals surface area contributed by atoms with E-state index in [1.807, 2.05) is 41.0 Å². The molecule has 10 heteroatoms. The number of piperazine rings is 1. The molecule has 0 spiro atoms. The fourth-order valence-electron chi connectivity index (χ4n) is 5.14. The van der Waals surface area contributed by atoms with Crippen molar-refractivity contribution in [2.45, 2.75) is 26.9 Å². The Balaban J connectivity index is 1.33. The number of halogens is 1. The summed E-state index contributed by atoms with van der Waals surface area (Å²) in [7, 11) is 0. The predicted octanol–water partition coefficient (Wildman–Crippen LogP) is 5.44. The maximum Gasteiger partial charge on any atom is 0.258 e. The van der Waals surface area contributed by atoms with E-state index < -0.39 is 5.82 Å². The fourth-order valence-corrected chi connectivity index (χ4v) is 5.40. The SMILES string of the molecule is CC(C)CNC(=S)N1CCN(c2ccc(N(Cc3cncn3Cc3ccc(C#N)cc3)C(=O)c3cccc(F)c3)cc2)CC1. The van der Waals surface area contributed by atoms with Crippen molar-refractivity contribution in [2.75, 3.05) is 42.5 Å². The number of nitrogens with zero attached hydrogens (tertiary/aromatic N) is 6. The minimum absolute atomic E-state index is 0.241. The van der Waals surface area contributed by atoms with Gasteiger partial charge in [-0.05, 0) is 78.3 Å². The molecule has 8 nitrogen and oxygen atoms in total. The van der Waals surface area contributed by atoms with Gasteiger partial charge in [0.15, 0.2) is 5.11 Å². The lowest BCUT2D eigenvalue weighted by Crippen LogP contribution is -2.52. The fraction of sp³-hybridized carbons (Fsp3) is 0.294. The molecule has 226 valence electrons. The first kappa shape index (κ1) is 30.7. The van der Waals surface area contributed by atoms with Crippen molar-refractivity contribution in [3.8, 4) is 6.07 Å². The molecule has 1 aromatic heterocycles. The number of carbonyl (C=O) groups excluding carboxylic acids is 1. The highest BCUT2D eigenvalue weighted by atomic mass is 32.1. The summed E-state index contributed by atoms with van der Waals surface area (Å²) in [6.07, 6.45) is 3.47. The number of aromatic nitrogens is 2. The number of hydrogen-bond donors (Lipinski definition) is 1. The maximum atomic E-state index is 14.1. The lowest BCUT2D eigenvalue weighted by atomic mass is 10.1. The third-order valence-corrected chi connectivity index (χ3v) is 8.03. The molecule has 1 aliphatic rings. The van der Waals surface area contributed by atoms with E-state index in [4.69, 9.17) is 17.5 Å². The van der Waals surface area contributed by atoms with E-state index in [1.165, 1.54) is 12.1 Å². The lowest BCUT2D eigenvalue weighted by molar-refractivity contribution is 0.0984. The summed E-state index contributed by atoms with van der Waals surface area (Å²) < 4.78 is 16.1. The van der Waals surface area contributed by atoms with E-state index in [2.05, 4.69) is 40.0 Å². The van der Waals surface area contributed by atoms with Crippen molar-refractivity contribution >= 4 is 34.6 Å². The summed E-state index contributed by atoms with van der Waals surface area (Å²) in [5, 5.41) is 13.3. The summed E-state index contributed by atoms with van der Waals surface area (Å²) >= 11 is 5.59. The Morgan fingerprint density at radius 3 is 2.45 bits per heavy atom. The lowest BCUT2D eigenvalue weighted by Gasteiger charge is -2.37. The Labute approximate surface area is 263 Å². The molecule has 44 heavy (non-hydrogen) atoms. The van der Waals surface area contributed by atoms with Crippen LogP contribution in [-0.2, 0) is 13.1 Å². The van der Waals surface area contributed by atoms with E-state index in [9.17, 15) is 9.18 Å². The van der Waals surface area contributed by atoms with Crippen LogP contribution in [0.3, 0.4) is 0 Å². The van der Waals surface area contributed by atoms with Gasteiger partial charge >= 0.3 is 0 Å². The van der Waals surface area contributed by atoms with Crippen molar-refractivity contribution in [3.63, 3.8) is 0 Å². The van der Waals surface area contributed by atoms with Crippen molar-refractivity contribution < 1.29 is 9.18 Å². The van der Waals surface area contributed by atoms with Gasteiger partial charge in [-0.2, -0.15) is 5.26 Å². The number of rotatable bonds is 9. The van der Waals surface area contributed by atoms with Crippen molar-refractivity contribution in [3.05, 3.63) is 114 Å². The number of thiocarbonyl (C=S) groups is 1. The van der Waals surface area contributed by atoms with Crippen LogP contribution in [-0.4, -0.2) is 58.2 Å². The van der Waals surface area contributed by atoms with Gasteiger partial charge in [-0.3, -0.25) is 4.79 Å². The number of anilines is 2. The van der Waals surface area contributed by atoms with Gasteiger partial charge in [0.05, 0.1) is 30.2 Å². The van der Waals surface area contributed by atoms with E-state index in [1.54, 1.807) is 41.7 Å². The summed E-state index contributed by atoms with van der Waals surface area (Å²) in [6, 6.07) is 23.2. The number of benzene rings is 3. The average Bonchev–Trinajstić information content (AvgIpc) is 3.49. The van der Waals surface area contributed by atoms with Crippen LogP contribution in [0.15, 0.2) is 85.3 Å². The van der Waals surface area contributed by atoms with Crippen LogP contribution >= 0.6 is 12.2 Å². The zero-order valence-electron chi connectivity index (χ0n) is 25.0. The molecule has 5 rings (SSSR count). The van der Waals surface area contributed by atoms with Gasteiger partial charge in [-0.1, -0.05) is 32.0 Å². The maximum absolute atomic E-state index is 14.1. The summed E-state index contributed by atoms with van der Waals surface area (Å²) in [6.45, 7) is 9.30. The average molecular weight is 610 g/mol. The zero-order chi connectivity index (χ0) is 31.1. The molecule has 0 radical (unpaired) electrons. The highest BCUT2D eigenvalue weighted by molar-refractivity contribution is 7.80. The molecule has 0 saturated carbocycles. The topological polar surface area (TPSA) is 80.4 Å². The predicted molar refractivity (Wildman–Crippen MR) is 175 cm³/mol. The molecule has 1 aliphatic heterocycles. The van der Waals surface area contributed by atoms with Crippen LogP contribution < -0.4 is 15.1 Å². The Morgan fingerprint density at radius 2 is 1.80 bits per heavy atom. The summed E-state index contributed by atoms with van der Waals surface area (Å²) in [5.41, 5.74) is 4.46. The van der Waals surface area contributed by atoms with E-state index >= 15 is 0 Å². The van der Waals surface area contributed by atoms with Crippen molar-refractivity contribution in [1.82, 2.24) is 19.8 Å². The van der Waals surface area contributed by atoms with Crippen molar-refractivity contribution in [2.24, 2.45) is 5.92 Å². The Hall–Kier alpha value is -4.75. The number of nitriles is 1. The smallest absolute Gasteiger partial charge is 0.258 e. The third kappa shape index (κ3) is 7.60. The molecule has 1 saturated heterocycles. The van der Waals surface area contributed by atoms with Crippen LogP contribution in [0, 0.1) is 23.1 Å². The van der Waals surface area contributed by atoms with Crippen LogP contribution in [0.4, 0.5) is 15.8 Å². The number of nitrogens with one attached hydrogen (secondary N) is 1. The minimum Gasteiger partial charge on any atom is -0.368 e. The number of imidazole rings is 1. The number of carbonyl (C=O) groups is 1. The second-order valence-electron chi connectivity index (χ2n) is 11.3. The molecule has 1 fully saturated rings. The first-order valence-corrected chi connectivity index (χ1v) is 15.1. The number of hydrogen-bond acceptors (Lipinski definition) is 5. The van der Waals surface area contributed by atoms with Crippen LogP contribution in [0.2, 0.25) is 0 Å². The first-order chi connectivity index (χ1) is 21.3. The summed E-state index contributed by atoms with van der Waals surface area (Å²) in [5.74, 6) is -0.238. The molecule has 0 bridgehead atoms. The molecule has 2 heterocycles. The highest BCUT2D eigenvalue weighted by Gasteiger charge is 2.23. The highest BCUT2D eigenvalue weighted by Crippen LogP contribution is 2.26. The van der Waals surface area contributed by atoms with E-state index in [0.717, 1.165) is 54.8 Å². The Bertz CT molecular complexity index is 1620. The van der Waals surface area contributed by atoms with Gasteiger partial charge in [0.25, 0.3) is 5.91 Å². The third-order valence-electron chi connectivity index (χ3n) is 7.63. The molecule has 1 amide bonds. The Kier molecular flexibility index (Phi) is 9.87. The largest absolute Gasteiger partial charge is 0.368 e. The molecule has 0 unspecified atom stereocenters. The molecule has 0 aliphatic carbocycles. The van der Waals surface area contributed by atoms with Crippen LogP contribution in [0.25, 0.3) is 0 Å². The van der Waals surface area contributed by atoms with Crippen molar-refractivity contribution in [1.29, 1.82) is 5.26 Å². The van der Waals surface area contributed by atoms with E-state index in [-0.39, 0.29) is 18.0 Å². The normalized spacial score (nSPS) is 13.1. The van der Waals surface area contributed by atoms with Crippen LogP contribution in [0.5, 0.6) is 0 Å². The minimum atomic E-state index is -0.463. The van der Waals surface area contributed by atoms with Gasteiger partial charge in [-0.25, -0.2) is 9.37 Å². The number of amides is 1. The molecular formula is C34H36FN7OS. The van der Waals surface area contributed by atoms with E-state index in [0.29, 0.717) is 23.7 Å². The van der Waals surface area contributed by atoms with Gasteiger partial charge < -0.3 is 24.6 Å². The molecule has 1 N–H and O–H groups in total. The second kappa shape index (κ2) is 14.1. The van der Waals surface area contributed by atoms with Gasteiger partial charge in [0, 0.05) is 62.4 Å². The molecule has 3 aromatic carbocycles. The van der Waals surface area contributed by atoms with Gasteiger partial charge in [0.2, 0.25) is 0 Å². The van der Waals surface area contributed by atoms with Gasteiger partial charge in [-0.15, -0.1) is 0 Å². The summed E-state index contributed by atoms with van der Waals surface area (Å²) in [4.78, 5) is 24.3. The Morgan fingerprint density at radius 1 is 1.07 bits per heavy atom. The second-order valence-corrected chi connectivity index (χ2v) is 11.7. The van der Waals surface area contributed by atoms with Crippen LogP contribution in [0.1, 0.15) is 41.0 Å². The standard InChI is InChI=1S/C34H36FN7OS/c1-25(2)20-38-34(44)40-16-14-39(15-17-40)30-10-12-31(13-11-30)42(33(43)28-4-3-5-29(35)18-28)23-32-21-37-24-41(32)22-27-8-6-26(19-36)7-9-27/h3-13,18,21,24-25H,14-17,20,22-23H2,1-2H3,(H,38,44). The quantitative estimate of drug-likeness (QED) is 0.253. The monoisotopic (exact) mass is 609 g/mol. The molecule has 4 aromatic rings. The van der Waals surface area contributed by atoms with Gasteiger partial charge in [0.1, 0.15) is 5.82 Å². The molecule has 0 atom stereocenters.